The van der Waals surface area contributed by atoms with Crippen molar-refractivity contribution in [2.45, 2.75) is 13.1 Å². The van der Waals surface area contributed by atoms with Crippen LogP contribution in [-0.2, 0) is 4.74 Å². The fourth-order valence-electron chi connectivity index (χ4n) is 3.61. The summed E-state index contributed by atoms with van der Waals surface area (Å²) >= 11 is 0. The number of carbonyl (C=O) groups is 1. The first-order chi connectivity index (χ1) is 15.7. The van der Waals surface area contributed by atoms with Crippen molar-refractivity contribution in [3.63, 3.8) is 0 Å². The molecule has 14 heteroatoms. The average Bonchev–Trinajstić information content (AvgIpc) is 3.30. The molecule has 0 unspecified atom stereocenters. The Bertz CT molecular complexity index is 1100. The number of carbonyl (C=O) groups excluding carboxylic acids is 1. The number of esters is 1. The number of anilines is 1. The summed E-state index contributed by atoms with van der Waals surface area (Å²) in [5, 5.41) is 12.3. The van der Waals surface area contributed by atoms with Crippen molar-refractivity contribution in [3.8, 4) is 5.75 Å². The SMILES string of the molecule is CCOC(=O)c1c(NN2CCN(CC(F)(F)F)CC2)oc(/C=C2\C=Nc3ncccc32)c1O.Cl.Cl. The molecular weight excluding hydrogens is 514 g/mol. The van der Waals surface area contributed by atoms with Crippen LogP contribution in [0, 0.1) is 0 Å². The van der Waals surface area contributed by atoms with Gasteiger partial charge in [0.1, 0.15) is 0 Å². The summed E-state index contributed by atoms with van der Waals surface area (Å²) in [6, 6.07) is 3.56. The van der Waals surface area contributed by atoms with Gasteiger partial charge in [0.25, 0.3) is 0 Å². The molecule has 35 heavy (non-hydrogen) atoms. The number of nitrogens with zero attached hydrogens (tertiary/aromatic N) is 4. The molecule has 1 fully saturated rings. The number of hydrazine groups is 1. The Morgan fingerprint density at radius 1 is 1.29 bits per heavy atom. The number of allylic oxidation sites excluding steroid dienone is 1. The molecule has 192 valence electrons. The number of halogens is 5. The second-order valence-electron chi connectivity index (χ2n) is 7.46. The summed E-state index contributed by atoms with van der Waals surface area (Å²) in [6.45, 7) is 1.58. The van der Waals surface area contributed by atoms with Gasteiger partial charge in [0.15, 0.2) is 22.9 Å². The fraction of sp³-hybridized carbons (Fsp3) is 0.381. The molecule has 0 atom stereocenters. The second-order valence-corrected chi connectivity index (χ2v) is 7.46. The molecule has 2 aromatic heterocycles. The molecule has 1 saturated heterocycles. The van der Waals surface area contributed by atoms with Crippen LogP contribution in [0.1, 0.15) is 28.6 Å². The lowest BCUT2D eigenvalue weighted by atomic mass is 10.1. The van der Waals surface area contributed by atoms with Crippen LogP contribution in [0.15, 0.2) is 27.7 Å². The molecule has 4 heterocycles. The Hall–Kier alpha value is -2.80. The number of aromatic nitrogens is 1. The molecule has 0 aromatic carbocycles. The van der Waals surface area contributed by atoms with Crippen molar-refractivity contribution >= 4 is 60.3 Å². The minimum atomic E-state index is -4.26. The molecule has 9 nitrogen and oxygen atoms in total. The molecule has 0 aliphatic carbocycles. The van der Waals surface area contributed by atoms with Crippen LogP contribution in [-0.4, -0.2) is 77.7 Å². The second kappa shape index (κ2) is 11.8. The third kappa shape index (κ3) is 6.66. The van der Waals surface area contributed by atoms with E-state index >= 15 is 0 Å². The van der Waals surface area contributed by atoms with E-state index in [0.29, 0.717) is 11.4 Å². The highest BCUT2D eigenvalue weighted by atomic mass is 35.5. The molecule has 2 N–H and O–H groups in total. The molecule has 2 aliphatic rings. The normalized spacial score (nSPS) is 17.0. The fourth-order valence-corrected chi connectivity index (χ4v) is 3.61. The molecule has 2 aromatic rings. The van der Waals surface area contributed by atoms with Crippen LogP contribution in [0.25, 0.3) is 11.6 Å². The van der Waals surface area contributed by atoms with E-state index in [1.54, 1.807) is 30.4 Å². The van der Waals surface area contributed by atoms with E-state index in [1.165, 1.54) is 11.0 Å². The number of furan rings is 1. The lowest BCUT2D eigenvalue weighted by Crippen LogP contribution is -2.50. The van der Waals surface area contributed by atoms with Gasteiger partial charge in [-0.15, -0.1) is 24.8 Å². The van der Waals surface area contributed by atoms with Crippen LogP contribution in [0.4, 0.5) is 24.9 Å². The van der Waals surface area contributed by atoms with Crippen molar-refractivity contribution in [3.05, 3.63) is 35.2 Å². The van der Waals surface area contributed by atoms with Crippen LogP contribution in [0.2, 0.25) is 0 Å². The summed E-state index contributed by atoms with van der Waals surface area (Å²) < 4.78 is 48.7. The third-order valence-corrected chi connectivity index (χ3v) is 5.13. The van der Waals surface area contributed by atoms with Gasteiger partial charge in [-0.3, -0.25) is 10.3 Å². The predicted octanol–water partition coefficient (Wildman–Crippen LogP) is 4.16. The Morgan fingerprint density at radius 3 is 2.66 bits per heavy atom. The van der Waals surface area contributed by atoms with Gasteiger partial charge >= 0.3 is 12.1 Å². The first-order valence-corrected chi connectivity index (χ1v) is 10.3. The Balaban J connectivity index is 0.00000216. The van der Waals surface area contributed by atoms with Crippen LogP contribution >= 0.6 is 24.8 Å². The zero-order chi connectivity index (χ0) is 23.6. The van der Waals surface area contributed by atoms with Crippen molar-refractivity contribution in [1.82, 2.24) is 14.9 Å². The first-order valence-electron chi connectivity index (χ1n) is 10.3. The molecule has 0 amide bonds. The van der Waals surface area contributed by atoms with E-state index in [1.807, 2.05) is 6.07 Å². The van der Waals surface area contributed by atoms with E-state index in [0.717, 1.165) is 5.56 Å². The highest BCUT2D eigenvalue weighted by Gasteiger charge is 2.33. The van der Waals surface area contributed by atoms with Crippen molar-refractivity contribution in [2.75, 3.05) is 44.8 Å². The molecular formula is C21H24Cl2F3N5O4. The molecule has 0 saturated carbocycles. The molecule has 4 rings (SSSR count). The highest BCUT2D eigenvalue weighted by molar-refractivity contribution is 6.21. The summed E-state index contributed by atoms with van der Waals surface area (Å²) in [7, 11) is 0. The van der Waals surface area contributed by atoms with Gasteiger partial charge in [0.05, 0.1) is 13.2 Å². The summed E-state index contributed by atoms with van der Waals surface area (Å²) in [4.78, 5) is 22.1. The maximum absolute atomic E-state index is 12.6. The topological polar surface area (TPSA) is 103 Å². The van der Waals surface area contributed by atoms with Gasteiger partial charge in [-0.25, -0.2) is 19.8 Å². The van der Waals surface area contributed by atoms with E-state index in [2.05, 4.69) is 15.4 Å². The van der Waals surface area contributed by atoms with Gasteiger partial charge in [-0.2, -0.15) is 13.2 Å². The average molecular weight is 538 g/mol. The number of ether oxygens (including phenoxy) is 1. The number of hydrogen-bond donors (Lipinski definition) is 2. The number of pyridine rings is 1. The standard InChI is InChI=1S/C21H22F3N5O4.2ClH/c1-2-32-20(31)16-17(30)15(10-13-11-26-18-14(13)4-3-5-25-18)33-19(16)27-29-8-6-28(7-9-29)12-21(22,23)24;;/h3-5,10-11,27,30H,2,6-9,12H2,1H3;2*1H/b13-10+;;. The third-order valence-electron chi connectivity index (χ3n) is 5.13. The van der Waals surface area contributed by atoms with E-state index in [4.69, 9.17) is 9.15 Å². The summed E-state index contributed by atoms with van der Waals surface area (Å²) in [5.41, 5.74) is 4.08. The Kier molecular flexibility index (Phi) is 9.55. The van der Waals surface area contributed by atoms with Crippen LogP contribution in [0.3, 0.4) is 0 Å². The maximum atomic E-state index is 12.6. The monoisotopic (exact) mass is 537 g/mol. The van der Waals surface area contributed by atoms with Gasteiger partial charge in [-0.05, 0) is 25.1 Å². The van der Waals surface area contributed by atoms with Gasteiger partial charge in [0, 0.05) is 49.7 Å². The summed E-state index contributed by atoms with van der Waals surface area (Å²) in [6.07, 6.45) is 0.441. The molecule has 0 spiro atoms. The molecule has 2 aliphatic heterocycles. The minimum absolute atomic E-state index is 0. The smallest absolute Gasteiger partial charge is 0.401 e. The quantitative estimate of drug-likeness (QED) is 0.529. The molecule has 0 bridgehead atoms. The predicted molar refractivity (Wildman–Crippen MR) is 129 cm³/mol. The maximum Gasteiger partial charge on any atom is 0.401 e. The number of rotatable bonds is 6. The highest BCUT2D eigenvalue weighted by Crippen LogP contribution is 2.38. The lowest BCUT2D eigenvalue weighted by molar-refractivity contribution is -0.148. The van der Waals surface area contributed by atoms with Crippen molar-refractivity contribution in [2.24, 2.45) is 4.99 Å². The number of aliphatic imine (C=N–C) groups is 1. The Labute approximate surface area is 211 Å². The number of fused-ring (bicyclic) bond motifs is 1. The summed E-state index contributed by atoms with van der Waals surface area (Å²) in [5.74, 6) is -0.720. The van der Waals surface area contributed by atoms with E-state index in [9.17, 15) is 23.1 Å². The minimum Gasteiger partial charge on any atom is -0.504 e. The van der Waals surface area contributed by atoms with Gasteiger partial charge in [0.2, 0.25) is 5.88 Å². The van der Waals surface area contributed by atoms with Crippen molar-refractivity contribution in [1.29, 1.82) is 0 Å². The zero-order valence-corrected chi connectivity index (χ0v) is 20.2. The number of hydrogen-bond acceptors (Lipinski definition) is 9. The number of piperazine rings is 1. The number of aromatic hydroxyl groups is 1. The van der Waals surface area contributed by atoms with Crippen molar-refractivity contribution < 1.29 is 32.2 Å². The molecule has 0 radical (unpaired) electrons. The largest absolute Gasteiger partial charge is 0.504 e. The van der Waals surface area contributed by atoms with Gasteiger partial charge < -0.3 is 14.3 Å². The zero-order valence-electron chi connectivity index (χ0n) is 18.5. The first kappa shape index (κ1) is 28.4. The Morgan fingerprint density at radius 2 is 2.00 bits per heavy atom. The van der Waals surface area contributed by atoms with Crippen LogP contribution < -0.4 is 5.43 Å². The lowest BCUT2D eigenvalue weighted by Gasteiger charge is -2.34. The van der Waals surface area contributed by atoms with E-state index < -0.39 is 24.4 Å². The number of nitrogens with one attached hydrogen (secondary N) is 1. The van der Waals surface area contributed by atoms with Gasteiger partial charge in [-0.1, -0.05) is 0 Å². The van der Waals surface area contributed by atoms with Crippen LogP contribution in [0.5, 0.6) is 5.75 Å². The van der Waals surface area contributed by atoms with E-state index in [-0.39, 0.29) is 74.8 Å². The number of alkyl halides is 3.